The van der Waals surface area contributed by atoms with Crippen molar-refractivity contribution in [2.24, 2.45) is 0 Å². The third kappa shape index (κ3) is 3.54. The molecule has 6 heteroatoms. The first-order chi connectivity index (χ1) is 9.36. The number of aliphatic hydroxyl groups excluding tert-OH is 1. The summed E-state index contributed by atoms with van der Waals surface area (Å²) in [6.45, 7) is 0. The van der Waals surface area contributed by atoms with Crippen LogP contribution in [0.2, 0.25) is 0 Å². The molecule has 0 fully saturated rings. The van der Waals surface area contributed by atoms with E-state index in [1.807, 2.05) is 0 Å². The lowest BCUT2D eigenvalue weighted by Gasteiger charge is -2.12. The first-order valence-electron chi connectivity index (χ1n) is 5.82. The van der Waals surface area contributed by atoms with E-state index in [0.717, 1.165) is 12.1 Å². The largest absolute Gasteiger partial charge is 0.417 e. The number of hydrogen-bond donors (Lipinski definition) is 1. The van der Waals surface area contributed by atoms with Crippen molar-refractivity contribution in [3.63, 3.8) is 0 Å². The zero-order chi connectivity index (χ0) is 14.8. The molecule has 1 aromatic carbocycles. The predicted octanol–water partition coefficient (Wildman–Crippen LogP) is 3.52. The molecule has 1 N–H and O–H groups in total. The maximum absolute atomic E-state index is 13.0. The van der Waals surface area contributed by atoms with E-state index < -0.39 is 23.7 Å². The first kappa shape index (κ1) is 14.5. The standard InChI is InChI=1S/C14H11F4NO/c15-11-3-1-2-9(6-11)7-13(20)12-5-4-10(8-19-12)14(16,17)18/h1-6,8,13,20H,7H2. The molecule has 1 unspecified atom stereocenters. The molecule has 2 nitrogen and oxygen atoms in total. The quantitative estimate of drug-likeness (QED) is 0.875. The second-order valence-corrected chi connectivity index (χ2v) is 4.32. The van der Waals surface area contributed by atoms with E-state index in [9.17, 15) is 22.7 Å². The van der Waals surface area contributed by atoms with E-state index in [1.165, 1.54) is 18.2 Å². The molecule has 0 radical (unpaired) electrons. The van der Waals surface area contributed by atoms with Crippen LogP contribution in [0.3, 0.4) is 0 Å². The summed E-state index contributed by atoms with van der Waals surface area (Å²) in [4.78, 5) is 3.60. The summed E-state index contributed by atoms with van der Waals surface area (Å²) >= 11 is 0. The van der Waals surface area contributed by atoms with Crippen molar-refractivity contribution in [2.75, 3.05) is 0 Å². The van der Waals surface area contributed by atoms with E-state index in [0.29, 0.717) is 11.8 Å². The molecule has 0 amide bonds. The van der Waals surface area contributed by atoms with Gasteiger partial charge in [-0.15, -0.1) is 0 Å². The Morgan fingerprint density at radius 3 is 2.45 bits per heavy atom. The minimum absolute atomic E-state index is 0.0795. The summed E-state index contributed by atoms with van der Waals surface area (Å²) in [5.41, 5.74) is -0.222. The van der Waals surface area contributed by atoms with E-state index in [2.05, 4.69) is 4.98 Å². The number of pyridine rings is 1. The van der Waals surface area contributed by atoms with E-state index in [4.69, 9.17) is 0 Å². The Hall–Kier alpha value is -1.95. The van der Waals surface area contributed by atoms with Gasteiger partial charge in [0.2, 0.25) is 0 Å². The molecule has 2 aromatic rings. The lowest BCUT2D eigenvalue weighted by molar-refractivity contribution is -0.137. The van der Waals surface area contributed by atoms with Gasteiger partial charge in [0.1, 0.15) is 5.82 Å². The minimum Gasteiger partial charge on any atom is -0.386 e. The number of alkyl halides is 3. The average Bonchev–Trinajstić information content (AvgIpc) is 2.38. The molecule has 0 aliphatic carbocycles. The Balaban J connectivity index is 2.11. The van der Waals surface area contributed by atoms with Gasteiger partial charge in [0, 0.05) is 12.6 Å². The molecule has 1 aromatic heterocycles. The summed E-state index contributed by atoms with van der Waals surface area (Å²) in [5, 5.41) is 9.89. The number of rotatable bonds is 3. The van der Waals surface area contributed by atoms with Gasteiger partial charge >= 0.3 is 6.18 Å². The van der Waals surface area contributed by atoms with Crippen LogP contribution in [0.25, 0.3) is 0 Å². The molecular weight excluding hydrogens is 274 g/mol. The van der Waals surface area contributed by atoms with Gasteiger partial charge < -0.3 is 5.11 Å². The maximum Gasteiger partial charge on any atom is 0.417 e. The topological polar surface area (TPSA) is 33.1 Å². The van der Waals surface area contributed by atoms with Crippen LogP contribution in [-0.2, 0) is 12.6 Å². The number of hydrogen-bond acceptors (Lipinski definition) is 2. The van der Waals surface area contributed by atoms with Crippen LogP contribution in [0.15, 0.2) is 42.6 Å². The third-order valence-electron chi connectivity index (χ3n) is 2.77. The van der Waals surface area contributed by atoms with Crippen LogP contribution in [0.1, 0.15) is 22.9 Å². The number of aromatic nitrogens is 1. The Morgan fingerprint density at radius 2 is 1.90 bits per heavy atom. The monoisotopic (exact) mass is 285 g/mol. The van der Waals surface area contributed by atoms with Crippen LogP contribution in [0.5, 0.6) is 0 Å². The highest BCUT2D eigenvalue weighted by Gasteiger charge is 2.30. The van der Waals surface area contributed by atoms with E-state index in [1.54, 1.807) is 6.07 Å². The van der Waals surface area contributed by atoms with Crippen molar-refractivity contribution in [1.29, 1.82) is 0 Å². The SMILES string of the molecule is OC(Cc1cccc(F)c1)c1ccc(C(F)(F)F)cn1. The van der Waals surface area contributed by atoms with Crippen LogP contribution in [0, 0.1) is 5.82 Å². The summed E-state index contributed by atoms with van der Waals surface area (Å²) < 4.78 is 50.1. The second kappa shape index (κ2) is 5.58. The Bertz CT molecular complexity index is 580. The highest BCUT2D eigenvalue weighted by atomic mass is 19.4. The van der Waals surface area contributed by atoms with Crippen molar-refractivity contribution in [3.05, 3.63) is 65.2 Å². The maximum atomic E-state index is 13.0. The molecule has 0 saturated carbocycles. The van der Waals surface area contributed by atoms with Gasteiger partial charge in [-0.05, 0) is 29.8 Å². The van der Waals surface area contributed by atoms with Gasteiger partial charge in [0.05, 0.1) is 17.4 Å². The van der Waals surface area contributed by atoms with Crippen LogP contribution in [0.4, 0.5) is 17.6 Å². The molecule has 0 saturated heterocycles. The minimum atomic E-state index is -4.46. The fraction of sp³-hybridized carbons (Fsp3) is 0.214. The highest BCUT2D eigenvalue weighted by Crippen LogP contribution is 2.29. The van der Waals surface area contributed by atoms with Crippen molar-refractivity contribution in [2.45, 2.75) is 18.7 Å². The highest BCUT2D eigenvalue weighted by molar-refractivity contribution is 5.22. The summed E-state index contributed by atoms with van der Waals surface area (Å²) in [7, 11) is 0. The van der Waals surface area contributed by atoms with Crippen LogP contribution < -0.4 is 0 Å². The van der Waals surface area contributed by atoms with Crippen molar-refractivity contribution in [1.82, 2.24) is 4.98 Å². The summed E-state index contributed by atoms with van der Waals surface area (Å²) in [6, 6.07) is 7.62. The zero-order valence-electron chi connectivity index (χ0n) is 10.2. The van der Waals surface area contributed by atoms with E-state index >= 15 is 0 Å². The molecule has 0 aliphatic rings. The lowest BCUT2D eigenvalue weighted by Crippen LogP contribution is -2.08. The van der Waals surface area contributed by atoms with Gasteiger partial charge in [-0.3, -0.25) is 4.98 Å². The fourth-order valence-electron chi connectivity index (χ4n) is 1.76. The predicted molar refractivity (Wildman–Crippen MR) is 64.3 cm³/mol. The van der Waals surface area contributed by atoms with Crippen molar-refractivity contribution in [3.8, 4) is 0 Å². The molecule has 106 valence electrons. The zero-order valence-corrected chi connectivity index (χ0v) is 10.2. The molecule has 0 bridgehead atoms. The summed E-state index contributed by atoms with van der Waals surface area (Å²) in [5.74, 6) is -0.435. The van der Waals surface area contributed by atoms with Crippen LogP contribution in [-0.4, -0.2) is 10.1 Å². The molecule has 0 spiro atoms. The number of halogens is 4. The van der Waals surface area contributed by atoms with Crippen molar-refractivity contribution >= 4 is 0 Å². The first-order valence-corrected chi connectivity index (χ1v) is 5.82. The molecule has 0 aliphatic heterocycles. The Labute approximate surface area is 112 Å². The lowest BCUT2D eigenvalue weighted by atomic mass is 10.0. The number of aliphatic hydroxyl groups is 1. The molecule has 1 heterocycles. The number of nitrogens with zero attached hydrogens (tertiary/aromatic N) is 1. The number of benzene rings is 1. The van der Waals surface area contributed by atoms with Gasteiger partial charge in [-0.25, -0.2) is 4.39 Å². The molecule has 20 heavy (non-hydrogen) atoms. The smallest absolute Gasteiger partial charge is 0.386 e. The van der Waals surface area contributed by atoms with Gasteiger partial charge in [-0.1, -0.05) is 12.1 Å². The normalized spacial score (nSPS) is 13.2. The molecular formula is C14H11F4NO. The van der Waals surface area contributed by atoms with Gasteiger partial charge in [-0.2, -0.15) is 13.2 Å². The van der Waals surface area contributed by atoms with Crippen LogP contribution >= 0.6 is 0 Å². The van der Waals surface area contributed by atoms with Gasteiger partial charge in [0.15, 0.2) is 0 Å². The van der Waals surface area contributed by atoms with E-state index in [-0.39, 0.29) is 12.1 Å². The Kier molecular flexibility index (Phi) is 4.04. The Morgan fingerprint density at radius 1 is 1.15 bits per heavy atom. The van der Waals surface area contributed by atoms with Gasteiger partial charge in [0.25, 0.3) is 0 Å². The molecule has 1 atom stereocenters. The summed E-state index contributed by atoms with van der Waals surface area (Å²) in [6.07, 6.45) is -4.79. The third-order valence-corrected chi connectivity index (χ3v) is 2.77. The fourth-order valence-corrected chi connectivity index (χ4v) is 1.76. The average molecular weight is 285 g/mol. The molecule has 2 rings (SSSR count). The second-order valence-electron chi connectivity index (χ2n) is 4.32. The van der Waals surface area contributed by atoms with Crippen molar-refractivity contribution < 1.29 is 22.7 Å².